The Morgan fingerprint density at radius 3 is 2.26 bits per heavy atom. The van der Waals surface area contributed by atoms with Crippen LogP contribution in [0, 0.1) is 0 Å². The summed E-state index contributed by atoms with van der Waals surface area (Å²) in [5, 5.41) is 2.23. The largest absolute Gasteiger partial charge is 0.352 e. The van der Waals surface area contributed by atoms with Crippen molar-refractivity contribution < 1.29 is 18.0 Å². The molecule has 0 aliphatic carbocycles. The fraction of sp³-hybridized carbons (Fsp3) is 0.429. The van der Waals surface area contributed by atoms with E-state index in [0.29, 0.717) is 13.1 Å². The molecule has 2 rings (SSSR count). The minimum absolute atomic E-state index is 0.0506. The Bertz CT molecular complexity index is 655. The molecule has 23 heavy (non-hydrogen) atoms. The number of nitrogens with two attached hydrogens (primary N) is 1. The number of urea groups is 1. The van der Waals surface area contributed by atoms with Gasteiger partial charge in [0.2, 0.25) is 15.9 Å². The molecule has 0 atom stereocenters. The van der Waals surface area contributed by atoms with Gasteiger partial charge in [-0.15, -0.1) is 0 Å². The molecule has 0 unspecified atom stereocenters. The van der Waals surface area contributed by atoms with E-state index in [1.54, 1.807) is 24.3 Å². The van der Waals surface area contributed by atoms with Crippen LogP contribution in [-0.4, -0.2) is 62.3 Å². The summed E-state index contributed by atoms with van der Waals surface area (Å²) in [4.78, 5) is 24.0. The Morgan fingerprint density at radius 2 is 1.70 bits per heavy atom. The molecule has 9 heteroatoms. The predicted molar refractivity (Wildman–Crippen MR) is 84.8 cm³/mol. The number of sulfonamides is 1. The highest BCUT2D eigenvalue weighted by atomic mass is 32.2. The summed E-state index contributed by atoms with van der Waals surface area (Å²) < 4.78 is 26.2. The third kappa shape index (κ3) is 4.93. The van der Waals surface area contributed by atoms with Gasteiger partial charge in [-0.05, 0) is 5.56 Å². The Morgan fingerprint density at radius 1 is 1.09 bits per heavy atom. The van der Waals surface area contributed by atoms with Crippen LogP contribution in [-0.2, 0) is 20.6 Å². The van der Waals surface area contributed by atoms with E-state index in [0.717, 1.165) is 5.56 Å². The number of hydrogen-bond donors (Lipinski definition) is 2. The third-order valence-electron chi connectivity index (χ3n) is 3.59. The third-order valence-corrected chi connectivity index (χ3v) is 5.44. The summed E-state index contributed by atoms with van der Waals surface area (Å²) in [6, 6.07) is 8.21. The average molecular weight is 340 g/mol. The van der Waals surface area contributed by atoms with Crippen molar-refractivity contribution in [3.63, 3.8) is 0 Å². The Labute approximate surface area is 135 Å². The monoisotopic (exact) mass is 340 g/mol. The molecule has 1 aromatic carbocycles. The van der Waals surface area contributed by atoms with E-state index >= 15 is 0 Å². The van der Waals surface area contributed by atoms with Crippen LogP contribution in [0.15, 0.2) is 30.3 Å². The fourth-order valence-corrected chi connectivity index (χ4v) is 3.88. The zero-order valence-corrected chi connectivity index (χ0v) is 13.5. The molecule has 1 aliphatic heterocycles. The summed E-state index contributed by atoms with van der Waals surface area (Å²) in [5.41, 5.74) is 5.65. The maximum atomic E-state index is 12.4. The second-order valence-corrected chi connectivity index (χ2v) is 7.21. The van der Waals surface area contributed by atoms with Gasteiger partial charge in [0.15, 0.2) is 0 Å². The lowest BCUT2D eigenvalue weighted by atomic mass is 10.2. The first-order valence-electron chi connectivity index (χ1n) is 7.21. The number of primary amides is 1. The number of hydrogen-bond acceptors (Lipinski definition) is 4. The van der Waals surface area contributed by atoms with E-state index in [1.165, 1.54) is 9.21 Å². The number of nitrogens with zero attached hydrogens (tertiary/aromatic N) is 2. The molecule has 3 N–H and O–H groups in total. The minimum Gasteiger partial charge on any atom is -0.352 e. The number of carbonyl (C=O) groups excluding carboxylic acids is 2. The van der Waals surface area contributed by atoms with Gasteiger partial charge in [-0.2, -0.15) is 4.31 Å². The van der Waals surface area contributed by atoms with Gasteiger partial charge in [-0.1, -0.05) is 30.3 Å². The SMILES string of the molecule is NC(=O)NCC(=O)N1CCN(S(=O)(=O)Cc2ccccc2)CC1. The molecule has 126 valence electrons. The highest BCUT2D eigenvalue weighted by molar-refractivity contribution is 7.88. The Balaban J connectivity index is 1.88. The van der Waals surface area contributed by atoms with Crippen molar-refractivity contribution in [3.05, 3.63) is 35.9 Å². The molecule has 0 radical (unpaired) electrons. The summed E-state index contributed by atoms with van der Waals surface area (Å²) in [5.74, 6) is -0.325. The highest BCUT2D eigenvalue weighted by Gasteiger charge is 2.28. The second-order valence-electron chi connectivity index (χ2n) is 5.24. The van der Waals surface area contributed by atoms with Crippen molar-refractivity contribution >= 4 is 22.0 Å². The van der Waals surface area contributed by atoms with Crippen LogP contribution in [0.25, 0.3) is 0 Å². The normalized spacial score (nSPS) is 16.1. The van der Waals surface area contributed by atoms with Crippen LogP contribution in [0.3, 0.4) is 0 Å². The van der Waals surface area contributed by atoms with Gasteiger partial charge < -0.3 is 16.0 Å². The Kier molecular flexibility index (Phi) is 5.56. The molecule has 0 bridgehead atoms. The van der Waals surface area contributed by atoms with E-state index < -0.39 is 16.1 Å². The number of nitrogens with one attached hydrogen (secondary N) is 1. The van der Waals surface area contributed by atoms with Crippen LogP contribution in [0.5, 0.6) is 0 Å². The molecule has 0 spiro atoms. The molecular weight excluding hydrogens is 320 g/mol. The number of amides is 3. The van der Waals surface area contributed by atoms with Gasteiger partial charge in [0, 0.05) is 26.2 Å². The molecule has 1 aliphatic rings. The number of carbonyl (C=O) groups is 2. The lowest BCUT2D eigenvalue weighted by molar-refractivity contribution is -0.131. The van der Waals surface area contributed by atoms with Crippen molar-refractivity contribution in [2.75, 3.05) is 32.7 Å². The van der Waals surface area contributed by atoms with Crippen molar-refractivity contribution in [1.82, 2.24) is 14.5 Å². The van der Waals surface area contributed by atoms with Crippen molar-refractivity contribution in [2.45, 2.75) is 5.75 Å². The fourth-order valence-electron chi connectivity index (χ4n) is 2.37. The van der Waals surface area contributed by atoms with Crippen LogP contribution < -0.4 is 11.1 Å². The van der Waals surface area contributed by atoms with E-state index in [2.05, 4.69) is 5.32 Å². The van der Waals surface area contributed by atoms with Crippen molar-refractivity contribution in [1.29, 1.82) is 0 Å². The minimum atomic E-state index is -3.41. The molecule has 3 amide bonds. The summed E-state index contributed by atoms with van der Waals surface area (Å²) in [6.07, 6.45) is 0. The molecular formula is C14H20N4O4S. The van der Waals surface area contributed by atoms with Gasteiger partial charge in [0.1, 0.15) is 0 Å². The molecule has 8 nitrogen and oxygen atoms in total. The van der Waals surface area contributed by atoms with E-state index in [-0.39, 0.29) is 31.3 Å². The number of piperazine rings is 1. The maximum absolute atomic E-state index is 12.4. The summed E-state index contributed by atoms with van der Waals surface area (Å²) in [6.45, 7) is 0.918. The lowest BCUT2D eigenvalue weighted by Gasteiger charge is -2.34. The van der Waals surface area contributed by atoms with Gasteiger partial charge >= 0.3 is 6.03 Å². The number of rotatable bonds is 5. The summed E-state index contributed by atoms with van der Waals surface area (Å²) >= 11 is 0. The predicted octanol–water partition coefficient (Wildman–Crippen LogP) is -0.671. The first kappa shape index (κ1) is 17.2. The second kappa shape index (κ2) is 7.42. The zero-order chi connectivity index (χ0) is 16.9. The molecule has 0 saturated carbocycles. The van der Waals surface area contributed by atoms with Crippen LogP contribution in [0.2, 0.25) is 0 Å². The average Bonchev–Trinajstić information content (AvgIpc) is 2.53. The first-order valence-corrected chi connectivity index (χ1v) is 8.82. The van der Waals surface area contributed by atoms with E-state index in [1.807, 2.05) is 6.07 Å². The van der Waals surface area contributed by atoms with Crippen LogP contribution >= 0.6 is 0 Å². The standard InChI is InChI=1S/C14H20N4O4S/c15-14(20)16-10-13(19)17-6-8-18(9-7-17)23(21,22)11-12-4-2-1-3-5-12/h1-5H,6-11H2,(H3,15,16,20). The van der Waals surface area contributed by atoms with Crippen LogP contribution in [0.1, 0.15) is 5.56 Å². The number of benzene rings is 1. The smallest absolute Gasteiger partial charge is 0.312 e. The zero-order valence-electron chi connectivity index (χ0n) is 12.6. The molecule has 1 aromatic rings. The molecule has 1 saturated heterocycles. The lowest BCUT2D eigenvalue weighted by Crippen LogP contribution is -2.53. The Hall–Kier alpha value is -2.13. The maximum Gasteiger partial charge on any atom is 0.312 e. The highest BCUT2D eigenvalue weighted by Crippen LogP contribution is 2.13. The van der Waals surface area contributed by atoms with Crippen molar-refractivity contribution in [2.24, 2.45) is 5.73 Å². The van der Waals surface area contributed by atoms with E-state index in [9.17, 15) is 18.0 Å². The molecule has 1 heterocycles. The van der Waals surface area contributed by atoms with Gasteiger partial charge in [-0.25, -0.2) is 13.2 Å². The summed E-state index contributed by atoms with van der Waals surface area (Å²) in [7, 11) is -3.41. The first-order chi connectivity index (χ1) is 10.9. The molecule has 1 fully saturated rings. The van der Waals surface area contributed by atoms with Crippen molar-refractivity contribution in [3.8, 4) is 0 Å². The van der Waals surface area contributed by atoms with Crippen LogP contribution in [0.4, 0.5) is 4.79 Å². The van der Waals surface area contributed by atoms with E-state index in [4.69, 9.17) is 5.73 Å². The quantitative estimate of drug-likeness (QED) is 0.740. The topological polar surface area (TPSA) is 113 Å². The van der Waals surface area contributed by atoms with Gasteiger partial charge in [0.05, 0.1) is 12.3 Å². The molecule has 0 aromatic heterocycles. The van der Waals surface area contributed by atoms with Gasteiger partial charge in [-0.3, -0.25) is 4.79 Å². The van der Waals surface area contributed by atoms with Gasteiger partial charge in [0.25, 0.3) is 0 Å².